The molecule has 45 valence electrons. The van der Waals surface area contributed by atoms with Crippen LogP contribution >= 0.6 is 0 Å². The zero-order valence-corrected chi connectivity index (χ0v) is 4.40. The molecule has 4 heteroatoms. The third-order valence-corrected chi connectivity index (χ3v) is 0.708. The van der Waals surface area contributed by atoms with Gasteiger partial charge in [0.2, 0.25) is 5.82 Å². The van der Waals surface area contributed by atoms with Crippen molar-refractivity contribution in [2.24, 2.45) is 0 Å². The average Bonchev–Trinajstić information content (AvgIpc) is 1.90. The van der Waals surface area contributed by atoms with Gasteiger partial charge in [0.25, 0.3) is 0 Å². The fourth-order valence-electron chi connectivity index (χ4n) is 0.372. The zero-order valence-electron chi connectivity index (χ0n) is 4.40. The topological polar surface area (TPSA) is 63.1 Å². The quantitative estimate of drug-likeness (QED) is 0.569. The Hall–Kier alpha value is -1.45. The van der Waals surface area contributed by atoms with Gasteiger partial charge in [0.15, 0.2) is 0 Å². The standard InChI is InChI=1S/C5H3N2O2/c8-5(9)4-6-2-1-3-7-4/h1-2H,(H,8,9). The van der Waals surface area contributed by atoms with Crippen LogP contribution in [-0.4, -0.2) is 21.0 Å². The first-order valence-electron chi connectivity index (χ1n) is 2.23. The molecule has 0 aromatic carbocycles. The summed E-state index contributed by atoms with van der Waals surface area (Å²) in [6.07, 6.45) is 3.68. The molecule has 0 aliphatic heterocycles. The Morgan fingerprint density at radius 1 is 1.78 bits per heavy atom. The Morgan fingerprint density at radius 3 is 2.89 bits per heavy atom. The summed E-state index contributed by atoms with van der Waals surface area (Å²) >= 11 is 0. The first kappa shape index (κ1) is 5.68. The SMILES string of the molecule is O=C(O)c1n[c]ccn1. The van der Waals surface area contributed by atoms with Crippen LogP contribution in [0, 0.1) is 6.20 Å². The van der Waals surface area contributed by atoms with Gasteiger partial charge in [-0.1, -0.05) is 0 Å². The van der Waals surface area contributed by atoms with Gasteiger partial charge in [0.1, 0.15) is 0 Å². The lowest BCUT2D eigenvalue weighted by Gasteiger charge is -1.85. The summed E-state index contributed by atoms with van der Waals surface area (Å²) in [4.78, 5) is 16.8. The van der Waals surface area contributed by atoms with E-state index in [0.717, 1.165) is 0 Å². The maximum absolute atomic E-state index is 10.1. The van der Waals surface area contributed by atoms with Crippen molar-refractivity contribution in [3.05, 3.63) is 24.3 Å². The molecule has 4 nitrogen and oxygen atoms in total. The van der Waals surface area contributed by atoms with Crippen LogP contribution in [-0.2, 0) is 0 Å². The normalized spacial score (nSPS) is 8.89. The Morgan fingerprint density at radius 2 is 2.56 bits per heavy atom. The van der Waals surface area contributed by atoms with Gasteiger partial charge in [0, 0.05) is 6.20 Å². The van der Waals surface area contributed by atoms with Gasteiger partial charge in [-0.2, -0.15) is 0 Å². The predicted molar refractivity (Wildman–Crippen MR) is 27.8 cm³/mol. The highest BCUT2D eigenvalue weighted by molar-refractivity contribution is 5.82. The molecular formula is C5H3N2O2. The third-order valence-electron chi connectivity index (χ3n) is 0.708. The maximum atomic E-state index is 10.1. The smallest absolute Gasteiger partial charge is 0.373 e. The number of hydrogen-bond acceptors (Lipinski definition) is 3. The van der Waals surface area contributed by atoms with E-state index < -0.39 is 5.97 Å². The highest BCUT2D eigenvalue weighted by Crippen LogP contribution is 1.83. The van der Waals surface area contributed by atoms with Crippen molar-refractivity contribution in [3.8, 4) is 0 Å². The van der Waals surface area contributed by atoms with Gasteiger partial charge in [-0.05, 0) is 6.07 Å². The molecule has 1 N–H and O–H groups in total. The van der Waals surface area contributed by atoms with Crippen LogP contribution in [0.5, 0.6) is 0 Å². The summed E-state index contributed by atoms with van der Waals surface area (Å²) in [7, 11) is 0. The number of hydrogen-bond donors (Lipinski definition) is 1. The summed E-state index contributed by atoms with van der Waals surface area (Å²) < 4.78 is 0. The molecule has 0 atom stereocenters. The van der Waals surface area contributed by atoms with Crippen molar-refractivity contribution < 1.29 is 9.90 Å². The van der Waals surface area contributed by atoms with E-state index in [0.29, 0.717) is 0 Å². The van der Waals surface area contributed by atoms with Crippen molar-refractivity contribution in [1.82, 2.24) is 9.97 Å². The molecule has 1 heterocycles. The van der Waals surface area contributed by atoms with Crippen molar-refractivity contribution in [1.29, 1.82) is 0 Å². The van der Waals surface area contributed by atoms with Gasteiger partial charge in [-0.3, -0.25) is 0 Å². The number of carboxylic acids is 1. The fraction of sp³-hybridized carbons (Fsp3) is 0. The number of aromatic carboxylic acids is 1. The molecule has 0 unspecified atom stereocenters. The second-order valence-corrected chi connectivity index (χ2v) is 1.31. The van der Waals surface area contributed by atoms with Crippen LogP contribution in [0.3, 0.4) is 0 Å². The van der Waals surface area contributed by atoms with Crippen LogP contribution in [0.1, 0.15) is 10.6 Å². The van der Waals surface area contributed by atoms with E-state index in [1.165, 1.54) is 12.3 Å². The minimum absolute atomic E-state index is 0.225. The molecule has 0 amide bonds. The Kier molecular flexibility index (Phi) is 1.40. The molecule has 0 saturated carbocycles. The molecule has 0 aliphatic rings. The summed E-state index contributed by atoms with van der Waals surface area (Å²) in [5.74, 6) is -1.36. The Bertz CT molecular complexity index is 209. The molecule has 1 aromatic rings. The lowest BCUT2D eigenvalue weighted by Crippen LogP contribution is -2.01. The third kappa shape index (κ3) is 1.22. The monoisotopic (exact) mass is 123 g/mol. The number of carboxylic acid groups (broad SMARTS) is 1. The van der Waals surface area contributed by atoms with Gasteiger partial charge in [-0.25, -0.2) is 14.8 Å². The Labute approximate surface area is 51.2 Å². The summed E-state index contributed by atoms with van der Waals surface area (Å²) in [5.41, 5.74) is 0. The second kappa shape index (κ2) is 2.21. The molecule has 1 radical (unpaired) electrons. The minimum atomic E-state index is -1.13. The lowest BCUT2D eigenvalue weighted by atomic mass is 10.6. The van der Waals surface area contributed by atoms with Gasteiger partial charge in [-0.15, -0.1) is 0 Å². The minimum Gasteiger partial charge on any atom is -0.475 e. The molecule has 0 bridgehead atoms. The van der Waals surface area contributed by atoms with E-state index in [1.54, 1.807) is 0 Å². The van der Waals surface area contributed by atoms with Gasteiger partial charge < -0.3 is 5.11 Å². The molecule has 1 aromatic heterocycles. The molecule has 9 heavy (non-hydrogen) atoms. The zero-order chi connectivity index (χ0) is 6.69. The number of nitrogens with zero attached hydrogens (tertiary/aromatic N) is 2. The van der Waals surface area contributed by atoms with Crippen LogP contribution in [0.15, 0.2) is 12.3 Å². The highest BCUT2D eigenvalue weighted by Gasteiger charge is 2.01. The van der Waals surface area contributed by atoms with Crippen LogP contribution < -0.4 is 0 Å². The number of rotatable bonds is 1. The van der Waals surface area contributed by atoms with Gasteiger partial charge >= 0.3 is 5.97 Å². The first-order chi connectivity index (χ1) is 4.30. The largest absolute Gasteiger partial charge is 0.475 e. The van der Waals surface area contributed by atoms with E-state index in [2.05, 4.69) is 16.2 Å². The van der Waals surface area contributed by atoms with Crippen LogP contribution in [0.25, 0.3) is 0 Å². The van der Waals surface area contributed by atoms with E-state index in [4.69, 9.17) is 5.11 Å². The van der Waals surface area contributed by atoms with Crippen LogP contribution in [0.2, 0.25) is 0 Å². The molecule has 0 aliphatic carbocycles. The molecule has 0 fully saturated rings. The molecule has 0 saturated heterocycles. The van der Waals surface area contributed by atoms with Crippen molar-refractivity contribution >= 4 is 5.97 Å². The maximum Gasteiger partial charge on any atom is 0.373 e. The van der Waals surface area contributed by atoms with E-state index in [9.17, 15) is 4.79 Å². The Balaban J connectivity index is 2.98. The molecule has 1 rings (SSSR count). The predicted octanol–water partition coefficient (Wildman–Crippen LogP) is -0.0250. The molecule has 0 spiro atoms. The van der Waals surface area contributed by atoms with E-state index in [1.807, 2.05) is 0 Å². The van der Waals surface area contributed by atoms with Gasteiger partial charge in [0.05, 0.1) is 6.20 Å². The van der Waals surface area contributed by atoms with Crippen molar-refractivity contribution in [3.63, 3.8) is 0 Å². The fourth-order valence-corrected chi connectivity index (χ4v) is 0.372. The number of carbonyl (C=O) groups is 1. The van der Waals surface area contributed by atoms with E-state index in [-0.39, 0.29) is 5.82 Å². The number of aromatic nitrogens is 2. The highest BCUT2D eigenvalue weighted by atomic mass is 16.4. The first-order valence-corrected chi connectivity index (χ1v) is 2.23. The van der Waals surface area contributed by atoms with Crippen molar-refractivity contribution in [2.45, 2.75) is 0 Å². The summed E-state index contributed by atoms with van der Waals surface area (Å²) in [6.45, 7) is 0. The van der Waals surface area contributed by atoms with Crippen molar-refractivity contribution in [2.75, 3.05) is 0 Å². The molecular weight excluding hydrogens is 120 g/mol. The second-order valence-electron chi connectivity index (χ2n) is 1.31. The van der Waals surface area contributed by atoms with Crippen LogP contribution in [0.4, 0.5) is 0 Å². The average molecular weight is 123 g/mol. The van der Waals surface area contributed by atoms with E-state index >= 15 is 0 Å². The summed E-state index contributed by atoms with van der Waals surface area (Å²) in [5, 5.41) is 8.24. The lowest BCUT2D eigenvalue weighted by molar-refractivity contribution is 0.0683. The summed E-state index contributed by atoms with van der Waals surface area (Å²) in [6, 6.07) is 1.44.